The minimum atomic E-state index is -4.96. The number of carbonyl (C=O) groups excluding carboxylic acids is 4. The van der Waals surface area contributed by atoms with Crippen LogP contribution < -0.4 is 0 Å². The first-order valence-electron chi connectivity index (χ1n) is 42.0. The fraction of sp³-hybridized carbons (Fsp3) is 0.951. The van der Waals surface area contributed by atoms with Gasteiger partial charge in [-0.15, -0.1) is 0 Å². The van der Waals surface area contributed by atoms with Crippen molar-refractivity contribution in [2.45, 2.75) is 445 Å². The number of hydrogen-bond donors (Lipinski definition) is 3. The van der Waals surface area contributed by atoms with Crippen molar-refractivity contribution < 1.29 is 80.2 Å². The largest absolute Gasteiger partial charge is 0.472 e. The van der Waals surface area contributed by atoms with Crippen LogP contribution in [0.1, 0.15) is 427 Å². The number of hydrogen-bond acceptors (Lipinski definition) is 15. The van der Waals surface area contributed by atoms with E-state index in [0.29, 0.717) is 25.7 Å². The molecular formula is C81H158O17P2. The van der Waals surface area contributed by atoms with E-state index in [1.165, 1.54) is 244 Å². The second kappa shape index (κ2) is 72.6. The fourth-order valence-electron chi connectivity index (χ4n) is 12.5. The summed E-state index contributed by atoms with van der Waals surface area (Å²) in [6.07, 6.45) is 62.4. The van der Waals surface area contributed by atoms with Gasteiger partial charge in [-0.05, 0) is 37.5 Å². The van der Waals surface area contributed by atoms with Crippen LogP contribution in [0.5, 0.6) is 0 Å². The Morgan fingerprint density at radius 3 is 0.760 bits per heavy atom. The summed E-state index contributed by atoms with van der Waals surface area (Å²) in [7, 11) is -9.92. The van der Waals surface area contributed by atoms with Gasteiger partial charge < -0.3 is 33.8 Å². The predicted octanol–water partition coefficient (Wildman–Crippen LogP) is 24.3. The van der Waals surface area contributed by atoms with Gasteiger partial charge in [-0.3, -0.25) is 37.3 Å². The normalized spacial score (nSPS) is 14.2. The zero-order valence-electron chi connectivity index (χ0n) is 65.5. The molecule has 0 heterocycles. The maximum absolute atomic E-state index is 13.1. The van der Waals surface area contributed by atoms with Crippen LogP contribution >= 0.6 is 15.6 Å². The van der Waals surface area contributed by atoms with Crippen molar-refractivity contribution in [2.24, 2.45) is 11.8 Å². The van der Waals surface area contributed by atoms with E-state index < -0.39 is 97.5 Å². The van der Waals surface area contributed by atoms with Crippen molar-refractivity contribution in [3.8, 4) is 0 Å². The maximum atomic E-state index is 13.1. The summed E-state index contributed by atoms with van der Waals surface area (Å²) in [4.78, 5) is 73.0. The molecule has 3 N–H and O–H groups in total. The number of aliphatic hydroxyl groups excluding tert-OH is 1. The molecule has 0 radical (unpaired) electrons. The first-order valence-corrected chi connectivity index (χ1v) is 45.0. The Kier molecular flexibility index (Phi) is 71.2. The topological polar surface area (TPSA) is 237 Å². The van der Waals surface area contributed by atoms with Crippen molar-refractivity contribution in [1.82, 2.24) is 0 Å². The van der Waals surface area contributed by atoms with Gasteiger partial charge in [0.25, 0.3) is 0 Å². The lowest BCUT2D eigenvalue weighted by Gasteiger charge is -2.21. The highest BCUT2D eigenvalue weighted by Crippen LogP contribution is 2.45. The highest BCUT2D eigenvalue weighted by Gasteiger charge is 2.30. The zero-order valence-corrected chi connectivity index (χ0v) is 67.3. The molecule has 0 aromatic heterocycles. The monoisotopic (exact) mass is 1470 g/mol. The summed E-state index contributed by atoms with van der Waals surface area (Å²) in [6, 6.07) is 0. The summed E-state index contributed by atoms with van der Waals surface area (Å²) >= 11 is 0. The van der Waals surface area contributed by atoms with Gasteiger partial charge in [0.1, 0.15) is 19.3 Å². The lowest BCUT2D eigenvalue weighted by Crippen LogP contribution is -2.30. The molecule has 0 aromatic carbocycles. The number of esters is 4. The third kappa shape index (κ3) is 73.0. The molecule has 0 fully saturated rings. The number of aliphatic hydroxyl groups is 1. The van der Waals surface area contributed by atoms with Crippen LogP contribution in [0, 0.1) is 11.8 Å². The lowest BCUT2D eigenvalue weighted by molar-refractivity contribution is -0.161. The van der Waals surface area contributed by atoms with Gasteiger partial charge in [0.2, 0.25) is 0 Å². The molecule has 19 heteroatoms. The molecule has 0 saturated heterocycles. The Balaban J connectivity index is 5.25. The molecular weight excluding hydrogens is 1310 g/mol. The molecule has 0 bridgehead atoms. The molecule has 100 heavy (non-hydrogen) atoms. The Hall–Kier alpha value is -1.94. The van der Waals surface area contributed by atoms with E-state index >= 15 is 0 Å². The molecule has 0 saturated carbocycles. The highest BCUT2D eigenvalue weighted by molar-refractivity contribution is 7.47. The molecule has 0 aliphatic carbocycles. The van der Waals surface area contributed by atoms with Crippen LogP contribution in [-0.4, -0.2) is 96.7 Å². The molecule has 0 amide bonds. The summed E-state index contributed by atoms with van der Waals surface area (Å²) < 4.78 is 68.7. The average molecular weight is 1470 g/mol. The quantitative estimate of drug-likeness (QED) is 0.0222. The molecule has 0 rings (SSSR count). The van der Waals surface area contributed by atoms with Crippen LogP contribution in [0.25, 0.3) is 0 Å². The highest BCUT2D eigenvalue weighted by atomic mass is 31.2. The van der Waals surface area contributed by atoms with E-state index in [1.54, 1.807) is 0 Å². The number of phosphoric ester groups is 2. The van der Waals surface area contributed by atoms with Gasteiger partial charge in [0.15, 0.2) is 12.2 Å². The van der Waals surface area contributed by atoms with E-state index in [4.69, 9.17) is 37.0 Å². The second-order valence-electron chi connectivity index (χ2n) is 29.9. The van der Waals surface area contributed by atoms with Crippen molar-refractivity contribution in [1.29, 1.82) is 0 Å². The lowest BCUT2D eigenvalue weighted by atomic mass is 9.99. The Morgan fingerprint density at radius 2 is 0.510 bits per heavy atom. The summed E-state index contributed by atoms with van der Waals surface area (Å²) in [5.74, 6) is -0.595. The van der Waals surface area contributed by atoms with E-state index in [-0.39, 0.29) is 25.7 Å². The van der Waals surface area contributed by atoms with Crippen LogP contribution in [0.15, 0.2) is 0 Å². The molecule has 0 aromatic rings. The fourth-order valence-corrected chi connectivity index (χ4v) is 14.1. The molecule has 3 unspecified atom stereocenters. The maximum Gasteiger partial charge on any atom is 0.472 e. The van der Waals surface area contributed by atoms with Crippen molar-refractivity contribution >= 4 is 39.5 Å². The van der Waals surface area contributed by atoms with Crippen LogP contribution in [0.2, 0.25) is 0 Å². The van der Waals surface area contributed by atoms with Gasteiger partial charge in [0.05, 0.1) is 26.4 Å². The number of rotatable bonds is 80. The molecule has 6 atom stereocenters. The van der Waals surface area contributed by atoms with Gasteiger partial charge in [0, 0.05) is 25.7 Å². The van der Waals surface area contributed by atoms with Gasteiger partial charge >= 0.3 is 39.5 Å². The molecule has 0 spiro atoms. The third-order valence-electron chi connectivity index (χ3n) is 19.3. The average Bonchev–Trinajstić information content (AvgIpc) is 0.976. The summed E-state index contributed by atoms with van der Waals surface area (Å²) in [5.41, 5.74) is 0. The van der Waals surface area contributed by atoms with E-state index in [9.17, 15) is 43.2 Å². The minimum absolute atomic E-state index is 0.105. The van der Waals surface area contributed by atoms with Crippen molar-refractivity contribution in [3.63, 3.8) is 0 Å². The molecule has 0 aliphatic heterocycles. The second-order valence-corrected chi connectivity index (χ2v) is 32.8. The van der Waals surface area contributed by atoms with E-state index in [1.807, 2.05) is 0 Å². The van der Waals surface area contributed by atoms with Gasteiger partial charge in [-0.1, -0.05) is 375 Å². The number of ether oxygens (including phenoxy) is 4. The van der Waals surface area contributed by atoms with Crippen LogP contribution in [0.4, 0.5) is 0 Å². The third-order valence-corrected chi connectivity index (χ3v) is 21.2. The minimum Gasteiger partial charge on any atom is -0.462 e. The Bertz CT molecular complexity index is 1930. The van der Waals surface area contributed by atoms with Gasteiger partial charge in [-0.2, -0.15) is 0 Å². The summed E-state index contributed by atoms with van der Waals surface area (Å²) in [5, 5.41) is 10.6. The Labute approximate surface area is 613 Å². The standard InChI is InChI=1S/C81H158O17P2/c1-7-10-12-14-16-18-20-22-24-26-28-30-32-34-38-45-51-57-63-78(83)91-69-76(97-80(85)65-59-53-47-39-35-33-31-29-27-25-23-21-19-17-15-13-11-8-2)71-95-99(87,88)93-67-75(82)68-94-100(89,90)96-72-77(98-81(86)66-60-54-48-40-36-37-43-49-55-61-73(4)5)70-92-79(84)64-58-52-46-42-41-44-50-56-62-74(6)9-3/h73-77,82H,7-72H2,1-6H3,(H,87,88)(H,89,90)/t74?,75-,76-,77-/m1/s1. The predicted molar refractivity (Wildman–Crippen MR) is 409 cm³/mol. The van der Waals surface area contributed by atoms with Crippen LogP contribution in [0.3, 0.4) is 0 Å². The van der Waals surface area contributed by atoms with Gasteiger partial charge in [-0.25, -0.2) is 9.13 Å². The first-order chi connectivity index (χ1) is 48.4. The Morgan fingerprint density at radius 1 is 0.290 bits per heavy atom. The smallest absolute Gasteiger partial charge is 0.462 e. The van der Waals surface area contributed by atoms with Crippen molar-refractivity contribution in [3.05, 3.63) is 0 Å². The van der Waals surface area contributed by atoms with Crippen LogP contribution in [-0.2, 0) is 65.4 Å². The van der Waals surface area contributed by atoms with E-state index in [0.717, 1.165) is 102 Å². The summed E-state index contributed by atoms with van der Waals surface area (Å²) in [6.45, 7) is 9.61. The first kappa shape index (κ1) is 98.1. The zero-order chi connectivity index (χ0) is 73.5. The number of phosphoric acid groups is 2. The van der Waals surface area contributed by atoms with Crippen molar-refractivity contribution in [2.75, 3.05) is 39.6 Å². The molecule has 17 nitrogen and oxygen atoms in total. The number of carbonyl (C=O) groups is 4. The SMILES string of the molecule is CCCCCCCCCCCCCCCCCCCCC(=O)OC[C@H](COP(=O)(O)OC[C@@H](O)COP(=O)(O)OC[C@@H](COC(=O)CCCCCCCCCCC(C)CC)OC(=O)CCCCCCCCCCCC(C)C)OC(=O)CCCCCCCCCCCCCCCCCCCC. The number of unbranched alkanes of at least 4 members (excludes halogenated alkanes) is 49. The van der Waals surface area contributed by atoms with E-state index in [2.05, 4.69) is 41.5 Å². The molecule has 594 valence electrons. The molecule has 0 aliphatic rings.